The van der Waals surface area contributed by atoms with Crippen LogP contribution in [0.25, 0.3) is 6.08 Å². The van der Waals surface area contributed by atoms with Gasteiger partial charge in [-0.2, -0.15) is 0 Å². The second kappa shape index (κ2) is 12.1. The van der Waals surface area contributed by atoms with E-state index in [9.17, 15) is 4.79 Å². The van der Waals surface area contributed by atoms with Crippen molar-refractivity contribution in [2.24, 2.45) is 0 Å². The third-order valence-corrected chi connectivity index (χ3v) is 5.53. The highest BCUT2D eigenvalue weighted by Gasteiger charge is 2.11. The molecule has 0 aromatic heterocycles. The van der Waals surface area contributed by atoms with E-state index in [2.05, 4.69) is 40.3 Å². The van der Waals surface area contributed by atoms with Gasteiger partial charge in [0.25, 0.3) is 0 Å². The second-order valence-electron chi connectivity index (χ2n) is 7.43. The SMILES string of the molecule is CCCCc1ccc(NC(=O)/C=C/c2cc(Br)c(OCc3ccccc3)c(OC)c2)cc1. The summed E-state index contributed by atoms with van der Waals surface area (Å²) in [5.74, 6) is 1.03. The predicted molar refractivity (Wildman–Crippen MR) is 134 cm³/mol. The number of halogens is 1. The lowest BCUT2D eigenvalue weighted by Gasteiger charge is -2.13. The number of rotatable bonds is 10. The van der Waals surface area contributed by atoms with Crippen molar-refractivity contribution in [3.63, 3.8) is 0 Å². The molecule has 0 bridgehead atoms. The highest BCUT2D eigenvalue weighted by molar-refractivity contribution is 9.10. The van der Waals surface area contributed by atoms with Gasteiger partial charge in [-0.25, -0.2) is 0 Å². The summed E-state index contributed by atoms with van der Waals surface area (Å²) in [5.41, 5.74) is 3.96. The lowest BCUT2D eigenvalue weighted by molar-refractivity contribution is -0.111. The van der Waals surface area contributed by atoms with Crippen LogP contribution in [0, 0.1) is 0 Å². The number of hydrogen-bond acceptors (Lipinski definition) is 3. The minimum atomic E-state index is -0.189. The molecule has 0 fully saturated rings. The first-order valence-corrected chi connectivity index (χ1v) is 11.5. The van der Waals surface area contributed by atoms with Gasteiger partial charge in [-0.3, -0.25) is 4.79 Å². The van der Waals surface area contributed by atoms with Crippen LogP contribution in [-0.2, 0) is 17.8 Å². The molecular weight excluding hydrogens is 466 g/mol. The van der Waals surface area contributed by atoms with Crippen LogP contribution >= 0.6 is 15.9 Å². The molecule has 0 spiro atoms. The highest BCUT2D eigenvalue weighted by atomic mass is 79.9. The summed E-state index contributed by atoms with van der Waals surface area (Å²) in [7, 11) is 1.60. The maximum Gasteiger partial charge on any atom is 0.248 e. The Bertz CT molecular complexity index is 1050. The molecule has 0 heterocycles. The standard InChI is InChI=1S/C27H28BrNO3/c1-3-4-8-20-11-14-23(15-12-20)29-26(30)16-13-22-17-24(28)27(25(18-22)31-2)32-19-21-9-6-5-7-10-21/h5-7,9-18H,3-4,8,19H2,1-2H3,(H,29,30)/b16-13+. The van der Waals surface area contributed by atoms with Gasteiger partial charge in [-0.1, -0.05) is 55.8 Å². The number of aryl methyl sites for hydroxylation is 1. The van der Waals surface area contributed by atoms with Gasteiger partial charge in [-0.15, -0.1) is 0 Å². The second-order valence-corrected chi connectivity index (χ2v) is 8.29. The minimum Gasteiger partial charge on any atom is -0.493 e. The molecule has 1 amide bonds. The average molecular weight is 494 g/mol. The van der Waals surface area contributed by atoms with Crippen molar-refractivity contribution in [2.75, 3.05) is 12.4 Å². The summed E-state index contributed by atoms with van der Waals surface area (Å²) in [5, 5.41) is 2.90. The van der Waals surface area contributed by atoms with E-state index in [1.165, 1.54) is 24.5 Å². The molecule has 32 heavy (non-hydrogen) atoms. The van der Waals surface area contributed by atoms with E-state index in [0.717, 1.165) is 27.7 Å². The van der Waals surface area contributed by atoms with Crippen molar-refractivity contribution < 1.29 is 14.3 Å². The fourth-order valence-electron chi connectivity index (χ4n) is 3.20. The number of anilines is 1. The highest BCUT2D eigenvalue weighted by Crippen LogP contribution is 2.37. The normalized spacial score (nSPS) is 10.8. The molecule has 0 aliphatic rings. The maximum atomic E-state index is 12.3. The van der Waals surface area contributed by atoms with Crippen LogP contribution in [0.15, 0.2) is 77.3 Å². The summed E-state index contributed by atoms with van der Waals surface area (Å²) in [6.07, 6.45) is 6.66. The minimum absolute atomic E-state index is 0.189. The average Bonchev–Trinajstić information content (AvgIpc) is 2.82. The van der Waals surface area contributed by atoms with Crippen molar-refractivity contribution in [2.45, 2.75) is 32.8 Å². The Morgan fingerprint density at radius 2 is 1.78 bits per heavy atom. The molecule has 0 aliphatic carbocycles. The van der Waals surface area contributed by atoms with Crippen LogP contribution in [0.3, 0.4) is 0 Å². The number of carbonyl (C=O) groups is 1. The number of methoxy groups -OCH3 is 1. The Kier molecular flexibility index (Phi) is 8.93. The van der Waals surface area contributed by atoms with Crippen LogP contribution in [-0.4, -0.2) is 13.0 Å². The van der Waals surface area contributed by atoms with Gasteiger partial charge in [0.2, 0.25) is 5.91 Å². The van der Waals surface area contributed by atoms with E-state index in [0.29, 0.717) is 18.1 Å². The van der Waals surface area contributed by atoms with Gasteiger partial charge >= 0.3 is 0 Å². The summed E-state index contributed by atoms with van der Waals surface area (Å²) >= 11 is 3.56. The molecule has 3 rings (SSSR count). The summed E-state index contributed by atoms with van der Waals surface area (Å²) in [6, 6.07) is 21.7. The number of amides is 1. The Morgan fingerprint density at radius 3 is 2.47 bits per heavy atom. The number of unbranched alkanes of at least 4 members (excludes halogenated alkanes) is 1. The number of carbonyl (C=O) groups excluding carboxylic acids is 1. The quantitative estimate of drug-likeness (QED) is 0.308. The van der Waals surface area contributed by atoms with Gasteiger partial charge in [0.05, 0.1) is 11.6 Å². The monoisotopic (exact) mass is 493 g/mol. The third kappa shape index (κ3) is 6.99. The number of hydrogen-bond donors (Lipinski definition) is 1. The van der Waals surface area contributed by atoms with Crippen molar-refractivity contribution in [3.8, 4) is 11.5 Å². The summed E-state index contributed by atoms with van der Waals surface area (Å²) in [4.78, 5) is 12.3. The van der Waals surface area contributed by atoms with Crippen molar-refractivity contribution >= 4 is 33.6 Å². The van der Waals surface area contributed by atoms with Gasteiger partial charge in [0.15, 0.2) is 11.5 Å². The number of ether oxygens (including phenoxy) is 2. The summed E-state index contributed by atoms with van der Waals surface area (Å²) in [6.45, 7) is 2.62. The lowest BCUT2D eigenvalue weighted by Crippen LogP contribution is -2.07. The Morgan fingerprint density at radius 1 is 1.03 bits per heavy atom. The van der Waals surface area contributed by atoms with E-state index in [-0.39, 0.29) is 5.91 Å². The van der Waals surface area contributed by atoms with E-state index in [1.54, 1.807) is 13.2 Å². The predicted octanol–water partition coefficient (Wildman–Crippen LogP) is 7.03. The Hall–Kier alpha value is -3.05. The first-order valence-electron chi connectivity index (χ1n) is 10.7. The molecule has 0 saturated heterocycles. The molecule has 0 unspecified atom stereocenters. The fourth-order valence-corrected chi connectivity index (χ4v) is 3.77. The molecule has 4 nitrogen and oxygen atoms in total. The van der Waals surface area contributed by atoms with Gasteiger partial charge in [0, 0.05) is 11.8 Å². The summed E-state index contributed by atoms with van der Waals surface area (Å²) < 4.78 is 12.2. The van der Waals surface area contributed by atoms with Crippen LogP contribution in [0.1, 0.15) is 36.5 Å². The van der Waals surface area contributed by atoms with Gasteiger partial charge in [0.1, 0.15) is 6.61 Å². The number of benzene rings is 3. The lowest BCUT2D eigenvalue weighted by atomic mass is 10.1. The molecule has 0 atom stereocenters. The van der Waals surface area contributed by atoms with E-state index in [4.69, 9.17) is 9.47 Å². The van der Waals surface area contributed by atoms with Crippen molar-refractivity contribution in [1.29, 1.82) is 0 Å². The zero-order valence-electron chi connectivity index (χ0n) is 18.4. The first-order chi connectivity index (χ1) is 15.6. The molecule has 166 valence electrons. The van der Waals surface area contributed by atoms with E-state index >= 15 is 0 Å². The fraction of sp³-hybridized carbons (Fsp3) is 0.222. The molecule has 5 heteroatoms. The largest absolute Gasteiger partial charge is 0.493 e. The number of nitrogens with one attached hydrogen (secondary N) is 1. The molecule has 3 aromatic carbocycles. The molecule has 0 aliphatic heterocycles. The molecule has 1 N–H and O–H groups in total. The zero-order valence-corrected chi connectivity index (χ0v) is 20.0. The van der Waals surface area contributed by atoms with Gasteiger partial charge < -0.3 is 14.8 Å². The van der Waals surface area contributed by atoms with Crippen LogP contribution in [0.4, 0.5) is 5.69 Å². The topological polar surface area (TPSA) is 47.6 Å². The van der Waals surface area contributed by atoms with E-state index in [1.807, 2.05) is 54.6 Å². The van der Waals surface area contributed by atoms with Crippen molar-refractivity contribution in [3.05, 3.63) is 94.0 Å². The zero-order chi connectivity index (χ0) is 22.8. The molecule has 0 saturated carbocycles. The van der Waals surface area contributed by atoms with Crippen LogP contribution < -0.4 is 14.8 Å². The third-order valence-electron chi connectivity index (χ3n) is 4.95. The smallest absolute Gasteiger partial charge is 0.248 e. The van der Waals surface area contributed by atoms with Crippen molar-refractivity contribution in [1.82, 2.24) is 0 Å². The molecular formula is C27H28BrNO3. The van der Waals surface area contributed by atoms with E-state index < -0.39 is 0 Å². The van der Waals surface area contributed by atoms with Crippen LogP contribution in [0.2, 0.25) is 0 Å². The molecule has 3 aromatic rings. The Balaban J connectivity index is 1.63. The Labute approximate surface area is 198 Å². The van der Waals surface area contributed by atoms with Gasteiger partial charge in [-0.05, 0) is 75.8 Å². The maximum absolute atomic E-state index is 12.3. The van der Waals surface area contributed by atoms with Crippen LogP contribution in [0.5, 0.6) is 11.5 Å². The molecule has 0 radical (unpaired) electrons. The first kappa shape index (κ1) is 23.6.